The van der Waals surface area contributed by atoms with Gasteiger partial charge >= 0.3 is 0 Å². The molecule has 1 atom stereocenters. The highest BCUT2D eigenvalue weighted by atomic mass is 35.5. The quantitative estimate of drug-likeness (QED) is 0.661. The van der Waals surface area contributed by atoms with Crippen LogP contribution in [0.5, 0.6) is 0 Å². The summed E-state index contributed by atoms with van der Waals surface area (Å²) >= 11 is 17.6. The van der Waals surface area contributed by atoms with Gasteiger partial charge in [0.1, 0.15) is 12.1 Å². The lowest BCUT2D eigenvalue weighted by molar-refractivity contribution is 0.522. The fraction of sp³-hybridized carbons (Fsp3) is 0.125. The lowest BCUT2D eigenvalue weighted by atomic mass is 9.98. The minimum absolute atomic E-state index is 0.305. The van der Waals surface area contributed by atoms with E-state index < -0.39 is 0 Å². The van der Waals surface area contributed by atoms with E-state index in [2.05, 4.69) is 10.1 Å². The van der Waals surface area contributed by atoms with Gasteiger partial charge in [-0.2, -0.15) is 4.79 Å². The van der Waals surface area contributed by atoms with E-state index in [1.54, 1.807) is 29.1 Å². The van der Waals surface area contributed by atoms with Crippen molar-refractivity contribution in [2.45, 2.75) is 6.04 Å². The van der Waals surface area contributed by atoms with Crippen molar-refractivity contribution in [2.24, 2.45) is 0 Å². The van der Waals surface area contributed by atoms with Gasteiger partial charge in [-0.25, -0.2) is 9.37 Å². The molecule has 0 spiro atoms. The van der Waals surface area contributed by atoms with E-state index in [-0.39, 0.29) is 11.9 Å². The van der Waals surface area contributed by atoms with Crippen molar-refractivity contribution >= 4 is 35.4 Å². The van der Waals surface area contributed by atoms with Crippen LogP contribution in [-0.2, 0) is 0 Å². The number of nitrogens with one attached hydrogen (secondary N) is 1. The van der Waals surface area contributed by atoms with Gasteiger partial charge in [-0.3, -0.25) is 10.1 Å². The maximum absolute atomic E-state index is 13.3. The molecule has 0 radical (unpaired) electrons. The van der Waals surface area contributed by atoms with Crippen molar-refractivity contribution in [3.63, 3.8) is 0 Å². The van der Waals surface area contributed by atoms with E-state index >= 15 is 0 Å². The number of H-pyrrole nitrogens is 1. The molecule has 0 amide bonds. The summed E-state index contributed by atoms with van der Waals surface area (Å²) in [6, 6.07) is 11.2. The Morgan fingerprint density at radius 2 is 1.92 bits per heavy atom. The molecule has 1 aromatic heterocycles. The van der Waals surface area contributed by atoms with Crippen LogP contribution in [0, 0.1) is 10.6 Å². The Morgan fingerprint density at radius 3 is 2.50 bits per heavy atom. The van der Waals surface area contributed by atoms with Gasteiger partial charge in [0.15, 0.2) is 0 Å². The van der Waals surface area contributed by atoms with Crippen LogP contribution in [0.2, 0.25) is 10.0 Å². The Labute approximate surface area is 153 Å². The minimum atomic E-state index is -0.317. The van der Waals surface area contributed by atoms with Gasteiger partial charge in [0, 0.05) is 17.1 Å². The van der Waals surface area contributed by atoms with E-state index in [0.717, 1.165) is 11.1 Å². The van der Waals surface area contributed by atoms with Crippen molar-refractivity contribution in [3.8, 4) is 0 Å². The number of hydrogen-bond acceptors (Lipinski definition) is 3. The van der Waals surface area contributed by atoms with Gasteiger partial charge in [-0.05, 0) is 47.6 Å². The van der Waals surface area contributed by atoms with Crippen LogP contribution in [0.1, 0.15) is 17.2 Å². The van der Waals surface area contributed by atoms with E-state index in [1.165, 1.54) is 18.5 Å². The smallest absolute Gasteiger partial charge is 0.236 e. The maximum Gasteiger partial charge on any atom is 0.236 e. The van der Waals surface area contributed by atoms with Gasteiger partial charge in [0.25, 0.3) is 0 Å². The molecule has 4 nitrogen and oxygen atoms in total. The highest BCUT2D eigenvalue weighted by Crippen LogP contribution is 2.33. The number of nitrogens with zero attached hydrogens (tertiary/aromatic N) is 3. The Bertz CT molecular complexity index is 907. The van der Waals surface area contributed by atoms with E-state index in [4.69, 9.17) is 35.4 Å². The average molecular weight is 383 g/mol. The summed E-state index contributed by atoms with van der Waals surface area (Å²) in [5.41, 5.74) is 1.66. The largest absolute Gasteiger partial charge is 0.287 e. The number of benzene rings is 2. The van der Waals surface area contributed by atoms with Gasteiger partial charge in [0.2, 0.25) is 4.77 Å². The van der Waals surface area contributed by atoms with E-state index in [0.29, 0.717) is 14.8 Å². The molecule has 0 aliphatic heterocycles. The molecule has 3 rings (SSSR count). The molecule has 0 aliphatic rings. The van der Waals surface area contributed by atoms with Crippen LogP contribution in [0.4, 0.5) is 4.39 Å². The second kappa shape index (κ2) is 6.93. The average Bonchev–Trinajstić information content (AvgIpc) is 2.97. The fourth-order valence-electron chi connectivity index (χ4n) is 2.56. The standard InChI is InChI=1S/C16H13Cl2FN4S/c1-22(23-16(24)20-9-21-23)15(10-2-5-12(19)6-3-10)13-7-4-11(17)8-14(13)18/h2-9,15H,1H3,(H,20,21,24). The second-order valence-electron chi connectivity index (χ2n) is 5.18. The SMILES string of the molecule is CN(C(c1ccc(F)cc1)c1ccc(Cl)cc1Cl)n1[nH]cnc1=S. The molecule has 0 bridgehead atoms. The summed E-state index contributed by atoms with van der Waals surface area (Å²) < 4.78 is 13.7. The monoisotopic (exact) mass is 382 g/mol. The maximum atomic E-state index is 13.3. The third kappa shape index (κ3) is 3.31. The molecule has 1 N–H and O–H groups in total. The third-order valence-corrected chi connectivity index (χ3v) is 4.51. The van der Waals surface area contributed by atoms with Crippen molar-refractivity contribution in [2.75, 3.05) is 12.1 Å². The Balaban J connectivity index is 2.15. The molecule has 0 saturated carbocycles. The molecule has 8 heteroatoms. The number of aromatic nitrogens is 3. The molecular formula is C16H13Cl2FN4S. The van der Waals surface area contributed by atoms with Crippen molar-refractivity contribution in [1.82, 2.24) is 14.9 Å². The zero-order valence-electron chi connectivity index (χ0n) is 12.6. The van der Waals surface area contributed by atoms with E-state index in [9.17, 15) is 4.39 Å². The van der Waals surface area contributed by atoms with Crippen molar-refractivity contribution in [3.05, 3.63) is 80.6 Å². The molecule has 0 saturated heterocycles. The lowest BCUT2D eigenvalue weighted by Gasteiger charge is -2.31. The highest BCUT2D eigenvalue weighted by molar-refractivity contribution is 7.71. The summed E-state index contributed by atoms with van der Waals surface area (Å²) in [6.45, 7) is 0. The summed E-state index contributed by atoms with van der Waals surface area (Å²) in [5.74, 6) is -0.305. The lowest BCUT2D eigenvalue weighted by Crippen LogP contribution is -2.36. The van der Waals surface area contributed by atoms with Gasteiger partial charge in [0.05, 0.1) is 6.04 Å². The number of rotatable bonds is 4. The van der Waals surface area contributed by atoms with Crippen LogP contribution >= 0.6 is 35.4 Å². The summed E-state index contributed by atoms with van der Waals surface area (Å²) in [7, 11) is 1.84. The van der Waals surface area contributed by atoms with Gasteiger partial charge in [-0.1, -0.05) is 41.4 Å². The molecule has 24 heavy (non-hydrogen) atoms. The number of aromatic amines is 1. The summed E-state index contributed by atoms with van der Waals surface area (Å²) in [4.78, 5) is 5.64. The molecule has 2 aromatic carbocycles. The van der Waals surface area contributed by atoms with Crippen LogP contribution in [0.25, 0.3) is 0 Å². The molecule has 1 unspecified atom stereocenters. The van der Waals surface area contributed by atoms with Gasteiger partial charge < -0.3 is 0 Å². The first-order valence-corrected chi connectivity index (χ1v) is 8.20. The summed E-state index contributed by atoms with van der Waals surface area (Å²) in [6.07, 6.45) is 1.50. The first kappa shape index (κ1) is 17.0. The molecule has 124 valence electrons. The normalized spacial score (nSPS) is 12.2. The van der Waals surface area contributed by atoms with Gasteiger partial charge in [-0.15, -0.1) is 0 Å². The Kier molecular flexibility index (Phi) is 4.89. The van der Waals surface area contributed by atoms with Crippen molar-refractivity contribution < 1.29 is 4.39 Å². The first-order valence-electron chi connectivity index (χ1n) is 7.03. The fourth-order valence-corrected chi connectivity index (χ4v) is 3.30. The molecular weight excluding hydrogens is 370 g/mol. The molecule has 3 aromatic rings. The molecule has 1 heterocycles. The number of halogens is 3. The zero-order chi connectivity index (χ0) is 17.3. The Hall–Kier alpha value is -1.89. The zero-order valence-corrected chi connectivity index (χ0v) is 14.9. The van der Waals surface area contributed by atoms with Crippen LogP contribution in [-0.4, -0.2) is 21.9 Å². The van der Waals surface area contributed by atoms with Crippen LogP contribution < -0.4 is 5.01 Å². The van der Waals surface area contributed by atoms with Crippen LogP contribution in [0.15, 0.2) is 48.8 Å². The number of hydrogen-bond donors (Lipinski definition) is 1. The second-order valence-corrected chi connectivity index (χ2v) is 6.38. The highest BCUT2D eigenvalue weighted by Gasteiger charge is 2.23. The third-order valence-electron chi connectivity index (χ3n) is 3.67. The molecule has 0 fully saturated rings. The minimum Gasteiger partial charge on any atom is -0.287 e. The topological polar surface area (TPSA) is 36.9 Å². The van der Waals surface area contributed by atoms with Crippen molar-refractivity contribution in [1.29, 1.82) is 0 Å². The molecule has 0 aliphatic carbocycles. The van der Waals surface area contributed by atoms with E-state index in [1.807, 2.05) is 18.1 Å². The Morgan fingerprint density at radius 1 is 1.21 bits per heavy atom. The predicted octanol–water partition coefficient (Wildman–Crippen LogP) is 4.74. The first-order chi connectivity index (χ1) is 11.5. The van der Waals surface area contributed by atoms with Crippen LogP contribution in [0.3, 0.4) is 0 Å². The predicted molar refractivity (Wildman–Crippen MR) is 96.3 cm³/mol. The summed E-state index contributed by atoms with van der Waals surface area (Å²) in [5, 5.41) is 5.85.